The van der Waals surface area contributed by atoms with Crippen molar-refractivity contribution in [2.24, 2.45) is 0 Å². The average Bonchev–Trinajstić information content (AvgIpc) is 2.49. The molecule has 0 fully saturated rings. The number of carbonyl (C=O) groups excluding carboxylic acids is 1. The number of benzene rings is 1. The van der Waals surface area contributed by atoms with Gasteiger partial charge >= 0.3 is 5.97 Å². The molecule has 24 heavy (non-hydrogen) atoms. The van der Waals surface area contributed by atoms with Crippen molar-refractivity contribution in [2.45, 2.75) is 32.2 Å². The Hall–Kier alpha value is -1.63. The van der Waals surface area contributed by atoms with Gasteiger partial charge in [-0.3, -0.25) is 14.6 Å². The number of carboxylic acid groups (broad SMARTS) is 1. The number of likely N-dealkylation sites (N-methyl/N-ethyl adjacent to an activating group) is 1. The summed E-state index contributed by atoms with van der Waals surface area (Å²) in [5, 5.41) is 10.3. The Bertz CT molecular complexity index is 483. The van der Waals surface area contributed by atoms with Crippen LogP contribution in [0.3, 0.4) is 0 Å². The van der Waals surface area contributed by atoms with Crippen molar-refractivity contribution < 1.29 is 14.7 Å². The quantitative estimate of drug-likeness (QED) is 0.469. The lowest BCUT2D eigenvalue weighted by atomic mass is 10.2. The third-order valence-electron chi connectivity index (χ3n) is 3.34. The standard InChI is InChI=1S/C17H27N3O3.ClH/c1-19(2)14-16(21)20(12-8-4-7-11-17(22)23)18-13-15-9-5-3-6-10-15;/h3,5-6,9-10,18H,4,7-8,11-14H2,1-2H3,(H,22,23);1H. The van der Waals surface area contributed by atoms with Gasteiger partial charge in [-0.1, -0.05) is 36.8 Å². The molecule has 1 aromatic rings. The Morgan fingerprint density at radius 1 is 1.08 bits per heavy atom. The first-order chi connectivity index (χ1) is 11.0. The molecule has 0 saturated carbocycles. The van der Waals surface area contributed by atoms with E-state index in [1.54, 1.807) is 5.01 Å². The molecule has 1 aromatic carbocycles. The van der Waals surface area contributed by atoms with Crippen LogP contribution in [0.15, 0.2) is 30.3 Å². The van der Waals surface area contributed by atoms with Crippen LogP contribution in [-0.4, -0.2) is 54.1 Å². The zero-order valence-corrected chi connectivity index (χ0v) is 15.2. The van der Waals surface area contributed by atoms with Crippen LogP contribution in [0, 0.1) is 0 Å². The second kappa shape index (κ2) is 12.8. The molecule has 136 valence electrons. The molecule has 1 amide bonds. The van der Waals surface area contributed by atoms with Crippen molar-refractivity contribution in [3.63, 3.8) is 0 Å². The van der Waals surface area contributed by atoms with Crippen LogP contribution >= 0.6 is 12.4 Å². The predicted octanol–water partition coefficient (Wildman–Crippen LogP) is 2.15. The molecule has 0 aliphatic heterocycles. The lowest BCUT2D eigenvalue weighted by Gasteiger charge is -2.25. The molecule has 0 bridgehead atoms. The van der Waals surface area contributed by atoms with Gasteiger partial charge < -0.3 is 10.0 Å². The maximum Gasteiger partial charge on any atom is 0.303 e. The molecule has 0 heterocycles. The SMILES string of the molecule is CN(C)CC(=O)N(CCCCCC(=O)O)NCc1ccccc1.Cl. The summed E-state index contributed by atoms with van der Waals surface area (Å²) in [6, 6.07) is 9.91. The summed E-state index contributed by atoms with van der Waals surface area (Å²) in [6.07, 6.45) is 2.41. The molecule has 2 N–H and O–H groups in total. The molecule has 0 spiro atoms. The summed E-state index contributed by atoms with van der Waals surface area (Å²) in [5.41, 5.74) is 4.29. The summed E-state index contributed by atoms with van der Waals surface area (Å²) in [6.45, 7) is 1.52. The van der Waals surface area contributed by atoms with Gasteiger partial charge in [-0.2, -0.15) is 0 Å². The number of hydrazine groups is 1. The van der Waals surface area contributed by atoms with Crippen molar-refractivity contribution in [3.05, 3.63) is 35.9 Å². The van der Waals surface area contributed by atoms with Crippen LogP contribution in [-0.2, 0) is 16.1 Å². The minimum absolute atomic E-state index is 0. The highest BCUT2D eigenvalue weighted by Gasteiger charge is 2.13. The number of hydrogen-bond acceptors (Lipinski definition) is 4. The van der Waals surface area contributed by atoms with Crippen molar-refractivity contribution in [1.29, 1.82) is 0 Å². The smallest absolute Gasteiger partial charge is 0.303 e. The molecule has 0 saturated heterocycles. The fourth-order valence-corrected chi connectivity index (χ4v) is 2.15. The lowest BCUT2D eigenvalue weighted by molar-refractivity contribution is -0.137. The molecule has 0 aromatic heterocycles. The Morgan fingerprint density at radius 3 is 2.33 bits per heavy atom. The highest BCUT2D eigenvalue weighted by molar-refractivity contribution is 5.85. The number of aliphatic carboxylic acids is 1. The van der Waals surface area contributed by atoms with Crippen molar-refractivity contribution in [2.75, 3.05) is 27.2 Å². The third kappa shape index (κ3) is 10.2. The van der Waals surface area contributed by atoms with Crippen molar-refractivity contribution in [3.8, 4) is 0 Å². The average molecular weight is 358 g/mol. The summed E-state index contributed by atoms with van der Waals surface area (Å²) >= 11 is 0. The van der Waals surface area contributed by atoms with E-state index >= 15 is 0 Å². The minimum Gasteiger partial charge on any atom is -0.481 e. The maximum absolute atomic E-state index is 12.3. The lowest BCUT2D eigenvalue weighted by Crippen LogP contribution is -2.46. The number of carboxylic acids is 1. The molecule has 0 aliphatic carbocycles. The number of nitrogens with one attached hydrogen (secondary N) is 1. The Kier molecular flexibility index (Phi) is 11.9. The summed E-state index contributed by atoms with van der Waals surface area (Å²) < 4.78 is 0. The molecule has 0 radical (unpaired) electrons. The summed E-state index contributed by atoms with van der Waals surface area (Å²) in [5.74, 6) is -0.753. The van der Waals surface area contributed by atoms with Crippen molar-refractivity contribution >= 4 is 24.3 Å². The van der Waals surface area contributed by atoms with Gasteiger partial charge in [0.1, 0.15) is 0 Å². The molecular weight excluding hydrogens is 330 g/mol. The first-order valence-corrected chi connectivity index (χ1v) is 7.93. The van der Waals surface area contributed by atoms with E-state index in [-0.39, 0.29) is 24.7 Å². The molecule has 0 unspecified atom stereocenters. The topological polar surface area (TPSA) is 72.9 Å². The normalized spacial score (nSPS) is 10.3. The molecule has 7 heteroatoms. The Balaban J connectivity index is 0.00000529. The van der Waals surface area contributed by atoms with Crippen LogP contribution in [0.4, 0.5) is 0 Å². The number of hydrogen-bond donors (Lipinski definition) is 2. The first kappa shape index (κ1) is 22.4. The largest absolute Gasteiger partial charge is 0.481 e. The van der Waals surface area contributed by atoms with Crippen LogP contribution in [0.5, 0.6) is 0 Å². The van der Waals surface area contributed by atoms with Gasteiger partial charge in [0, 0.05) is 19.5 Å². The monoisotopic (exact) mass is 357 g/mol. The Morgan fingerprint density at radius 2 is 1.75 bits per heavy atom. The molecule has 1 rings (SSSR count). The molecule has 6 nitrogen and oxygen atoms in total. The van der Waals surface area contributed by atoms with Gasteiger partial charge in [-0.05, 0) is 32.5 Å². The van der Waals surface area contributed by atoms with Gasteiger partial charge in [0.2, 0.25) is 0 Å². The molecule has 0 atom stereocenters. The maximum atomic E-state index is 12.3. The number of unbranched alkanes of at least 4 members (excludes halogenated alkanes) is 2. The van der Waals surface area contributed by atoms with Gasteiger partial charge in [0.25, 0.3) is 5.91 Å². The number of amides is 1. The van der Waals surface area contributed by atoms with E-state index in [4.69, 9.17) is 5.11 Å². The van der Waals surface area contributed by atoms with E-state index in [0.717, 1.165) is 18.4 Å². The van der Waals surface area contributed by atoms with Gasteiger partial charge in [-0.15, -0.1) is 12.4 Å². The predicted molar refractivity (Wildman–Crippen MR) is 96.9 cm³/mol. The zero-order chi connectivity index (χ0) is 17.1. The number of rotatable bonds is 11. The number of carbonyl (C=O) groups is 2. The number of halogens is 1. The second-order valence-electron chi connectivity index (χ2n) is 5.81. The van der Waals surface area contributed by atoms with E-state index in [1.807, 2.05) is 49.3 Å². The highest BCUT2D eigenvalue weighted by Crippen LogP contribution is 2.03. The van der Waals surface area contributed by atoms with E-state index in [2.05, 4.69) is 5.43 Å². The summed E-state index contributed by atoms with van der Waals surface area (Å²) in [4.78, 5) is 24.6. The van der Waals surface area contributed by atoms with Gasteiger partial charge in [0.05, 0.1) is 6.54 Å². The van der Waals surface area contributed by atoms with E-state index in [0.29, 0.717) is 26.1 Å². The van der Waals surface area contributed by atoms with E-state index in [9.17, 15) is 9.59 Å². The minimum atomic E-state index is -0.771. The van der Waals surface area contributed by atoms with E-state index in [1.165, 1.54) is 0 Å². The van der Waals surface area contributed by atoms with Crippen LogP contribution < -0.4 is 5.43 Å². The van der Waals surface area contributed by atoms with Crippen LogP contribution in [0.1, 0.15) is 31.2 Å². The molecule has 0 aliphatic rings. The zero-order valence-electron chi connectivity index (χ0n) is 14.4. The Labute approximate surface area is 150 Å². The second-order valence-corrected chi connectivity index (χ2v) is 5.81. The van der Waals surface area contributed by atoms with Crippen LogP contribution in [0.2, 0.25) is 0 Å². The van der Waals surface area contributed by atoms with Gasteiger partial charge in [-0.25, -0.2) is 5.43 Å². The van der Waals surface area contributed by atoms with E-state index < -0.39 is 5.97 Å². The van der Waals surface area contributed by atoms with Crippen LogP contribution in [0.25, 0.3) is 0 Å². The number of nitrogens with zero attached hydrogens (tertiary/aromatic N) is 2. The highest BCUT2D eigenvalue weighted by atomic mass is 35.5. The summed E-state index contributed by atoms with van der Waals surface area (Å²) in [7, 11) is 3.72. The fourth-order valence-electron chi connectivity index (χ4n) is 2.15. The fraction of sp³-hybridized carbons (Fsp3) is 0.529. The molecular formula is C17H28ClN3O3. The third-order valence-corrected chi connectivity index (χ3v) is 3.34. The first-order valence-electron chi connectivity index (χ1n) is 7.93. The van der Waals surface area contributed by atoms with Crippen molar-refractivity contribution in [1.82, 2.24) is 15.3 Å². The van der Waals surface area contributed by atoms with Gasteiger partial charge in [0.15, 0.2) is 0 Å².